The molecule has 1 aromatic heterocycles. The molecular formula is C16H11Br2FN2. The lowest BCUT2D eigenvalue weighted by atomic mass is 10.1. The second-order valence-corrected chi connectivity index (χ2v) is 6.35. The first-order chi connectivity index (χ1) is 10.1. The summed E-state index contributed by atoms with van der Waals surface area (Å²) in [4.78, 5) is 4.42. The smallest absolute Gasteiger partial charge is 0.146 e. The summed E-state index contributed by atoms with van der Waals surface area (Å²) < 4.78 is 15.6. The number of nitrogens with one attached hydrogen (secondary N) is 1. The number of anilines is 1. The van der Waals surface area contributed by atoms with Crippen molar-refractivity contribution in [2.45, 2.75) is 6.54 Å². The maximum Gasteiger partial charge on any atom is 0.146 e. The molecule has 1 N–H and O–H groups in total. The van der Waals surface area contributed by atoms with Crippen molar-refractivity contribution in [3.63, 3.8) is 0 Å². The van der Waals surface area contributed by atoms with Crippen LogP contribution < -0.4 is 5.32 Å². The van der Waals surface area contributed by atoms with Gasteiger partial charge in [0.2, 0.25) is 0 Å². The van der Waals surface area contributed by atoms with Gasteiger partial charge >= 0.3 is 0 Å². The Morgan fingerprint density at radius 1 is 1.10 bits per heavy atom. The quantitative estimate of drug-likeness (QED) is 0.616. The van der Waals surface area contributed by atoms with E-state index in [-0.39, 0.29) is 5.82 Å². The molecule has 0 unspecified atom stereocenters. The number of fused-ring (bicyclic) bond motifs is 1. The third kappa shape index (κ3) is 3.09. The van der Waals surface area contributed by atoms with Crippen molar-refractivity contribution in [3.05, 3.63) is 69.0 Å². The highest BCUT2D eigenvalue weighted by Crippen LogP contribution is 2.26. The molecule has 0 fully saturated rings. The van der Waals surface area contributed by atoms with E-state index in [1.807, 2.05) is 24.3 Å². The number of hydrogen-bond acceptors (Lipinski definition) is 2. The average molecular weight is 410 g/mol. The Morgan fingerprint density at radius 2 is 1.95 bits per heavy atom. The molecule has 0 bridgehead atoms. The zero-order valence-electron chi connectivity index (χ0n) is 10.9. The van der Waals surface area contributed by atoms with E-state index in [0.717, 1.165) is 25.4 Å². The minimum Gasteiger partial charge on any atom is -0.378 e. The summed E-state index contributed by atoms with van der Waals surface area (Å²) in [6.45, 7) is 0.508. The van der Waals surface area contributed by atoms with Crippen molar-refractivity contribution in [1.29, 1.82) is 0 Å². The van der Waals surface area contributed by atoms with E-state index in [2.05, 4.69) is 42.2 Å². The summed E-state index contributed by atoms with van der Waals surface area (Å²) in [5.41, 5.74) is 2.40. The molecule has 0 aliphatic rings. The molecule has 5 heteroatoms. The van der Waals surface area contributed by atoms with Crippen LogP contribution >= 0.6 is 31.9 Å². The Kier molecular flexibility index (Phi) is 4.22. The van der Waals surface area contributed by atoms with Gasteiger partial charge in [0, 0.05) is 27.1 Å². The van der Waals surface area contributed by atoms with E-state index in [1.54, 1.807) is 18.3 Å². The number of benzene rings is 2. The van der Waals surface area contributed by atoms with Gasteiger partial charge in [-0.2, -0.15) is 0 Å². The highest BCUT2D eigenvalue weighted by Gasteiger charge is 2.07. The van der Waals surface area contributed by atoms with Crippen molar-refractivity contribution in [2.24, 2.45) is 0 Å². The summed E-state index contributed by atoms with van der Waals surface area (Å²) in [7, 11) is 0. The maximum absolute atomic E-state index is 13.7. The second-order valence-electron chi connectivity index (χ2n) is 4.58. The molecule has 0 aliphatic carbocycles. The first-order valence-corrected chi connectivity index (χ1v) is 7.95. The van der Waals surface area contributed by atoms with Crippen LogP contribution in [-0.4, -0.2) is 4.98 Å². The fraction of sp³-hybridized carbons (Fsp3) is 0.0625. The van der Waals surface area contributed by atoms with Gasteiger partial charge in [0.15, 0.2) is 0 Å². The third-order valence-electron chi connectivity index (χ3n) is 3.20. The van der Waals surface area contributed by atoms with E-state index in [1.165, 1.54) is 6.07 Å². The molecule has 2 aromatic carbocycles. The van der Waals surface area contributed by atoms with E-state index in [4.69, 9.17) is 0 Å². The van der Waals surface area contributed by atoms with Gasteiger partial charge in [-0.1, -0.05) is 44.0 Å². The van der Waals surface area contributed by atoms with E-state index < -0.39 is 0 Å². The van der Waals surface area contributed by atoms with Gasteiger partial charge < -0.3 is 5.32 Å². The van der Waals surface area contributed by atoms with Crippen LogP contribution in [0.5, 0.6) is 0 Å². The van der Waals surface area contributed by atoms with Crippen LogP contribution in [0.4, 0.5) is 10.1 Å². The third-order valence-corrected chi connectivity index (χ3v) is 4.38. The molecule has 3 aromatic rings. The van der Waals surface area contributed by atoms with Crippen LogP contribution in [0.1, 0.15) is 5.56 Å². The highest BCUT2D eigenvalue weighted by molar-refractivity contribution is 9.11. The van der Waals surface area contributed by atoms with Crippen molar-refractivity contribution in [2.75, 3.05) is 5.32 Å². The standard InChI is InChI=1S/C16H11Br2FN2/c17-11-4-6-14(19)15(8-11)21-9-10-3-5-13(18)12-2-1-7-20-16(10)12/h1-8,21H,9H2. The Labute approximate surface area is 138 Å². The summed E-state index contributed by atoms with van der Waals surface area (Å²) in [6, 6.07) is 12.7. The summed E-state index contributed by atoms with van der Waals surface area (Å²) in [6.07, 6.45) is 1.76. The predicted octanol–water partition coefficient (Wildman–Crippen LogP) is 5.51. The number of aromatic nitrogens is 1. The van der Waals surface area contributed by atoms with Crippen molar-refractivity contribution in [3.8, 4) is 0 Å². The minimum atomic E-state index is -0.271. The Bertz CT molecular complexity index is 805. The molecular weight excluding hydrogens is 399 g/mol. The number of rotatable bonds is 3. The van der Waals surface area contributed by atoms with E-state index in [9.17, 15) is 4.39 Å². The topological polar surface area (TPSA) is 24.9 Å². The molecule has 0 atom stereocenters. The van der Waals surface area contributed by atoms with Gasteiger partial charge in [0.1, 0.15) is 5.82 Å². The molecule has 21 heavy (non-hydrogen) atoms. The lowest BCUT2D eigenvalue weighted by Gasteiger charge is -2.11. The molecule has 0 saturated heterocycles. The summed E-state index contributed by atoms with van der Waals surface area (Å²) in [5.74, 6) is -0.271. The lowest BCUT2D eigenvalue weighted by Crippen LogP contribution is -2.03. The van der Waals surface area contributed by atoms with E-state index >= 15 is 0 Å². The van der Waals surface area contributed by atoms with Crippen LogP contribution in [0.2, 0.25) is 0 Å². The zero-order valence-corrected chi connectivity index (χ0v) is 14.1. The first kappa shape index (κ1) is 14.5. The van der Waals surface area contributed by atoms with Gasteiger partial charge in [-0.05, 0) is 35.9 Å². The van der Waals surface area contributed by atoms with Crippen molar-refractivity contribution in [1.82, 2.24) is 4.98 Å². The molecule has 0 saturated carbocycles. The van der Waals surface area contributed by atoms with Crippen LogP contribution in [0.25, 0.3) is 10.9 Å². The van der Waals surface area contributed by atoms with Gasteiger partial charge in [0.25, 0.3) is 0 Å². The second kappa shape index (κ2) is 6.12. The molecule has 0 aliphatic heterocycles. The fourth-order valence-corrected chi connectivity index (χ4v) is 2.98. The van der Waals surface area contributed by atoms with Gasteiger partial charge in [-0.3, -0.25) is 4.98 Å². The Balaban J connectivity index is 1.92. The monoisotopic (exact) mass is 408 g/mol. The van der Waals surface area contributed by atoms with Gasteiger partial charge in [-0.25, -0.2) is 4.39 Å². The normalized spacial score (nSPS) is 10.8. The molecule has 3 rings (SSSR count). The summed E-state index contributed by atoms with van der Waals surface area (Å²) >= 11 is 6.87. The first-order valence-electron chi connectivity index (χ1n) is 6.36. The maximum atomic E-state index is 13.7. The fourth-order valence-electron chi connectivity index (χ4n) is 2.16. The highest BCUT2D eigenvalue weighted by atomic mass is 79.9. The van der Waals surface area contributed by atoms with Crippen molar-refractivity contribution < 1.29 is 4.39 Å². The van der Waals surface area contributed by atoms with Crippen LogP contribution in [0, 0.1) is 5.82 Å². The Morgan fingerprint density at radius 3 is 2.81 bits per heavy atom. The molecule has 0 spiro atoms. The molecule has 1 heterocycles. The molecule has 0 radical (unpaired) electrons. The molecule has 106 valence electrons. The van der Waals surface area contributed by atoms with Crippen LogP contribution in [-0.2, 0) is 6.54 Å². The lowest BCUT2D eigenvalue weighted by molar-refractivity contribution is 0.630. The predicted molar refractivity (Wildman–Crippen MR) is 90.9 cm³/mol. The largest absolute Gasteiger partial charge is 0.378 e. The minimum absolute atomic E-state index is 0.271. The molecule has 2 nitrogen and oxygen atoms in total. The Hall–Kier alpha value is -1.46. The SMILES string of the molecule is Fc1ccc(Br)cc1NCc1ccc(Br)c2cccnc12. The van der Waals surface area contributed by atoms with Crippen molar-refractivity contribution >= 4 is 48.5 Å². The summed E-state index contributed by atoms with van der Waals surface area (Å²) in [5, 5.41) is 4.17. The van der Waals surface area contributed by atoms with Crippen LogP contribution in [0.15, 0.2) is 57.6 Å². The molecule has 0 amide bonds. The zero-order chi connectivity index (χ0) is 14.8. The average Bonchev–Trinajstić information content (AvgIpc) is 2.50. The number of halogens is 3. The van der Waals surface area contributed by atoms with E-state index in [0.29, 0.717) is 12.2 Å². The number of hydrogen-bond donors (Lipinski definition) is 1. The van der Waals surface area contributed by atoms with Gasteiger partial charge in [-0.15, -0.1) is 0 Å². The van der Waals surface area contributed by atoms with Crippen LogP contribution in [0.3, 0.4) is 0 Å². The van der Waals surface area contributed by atoms with Gasteiger partial charge in [0.05, 0.1) is 11.2 Å². The number of pyridine rings is 1. The number of nitrogens with zero attached hydrogens (tertiary/aromatic N) is 1.